The lowest BCUT2D eigenvalue weighted by Gasteiger charge is -2.17. The van der Waals surface area contributed by atoms with Crippen molar-refractivity contribution in [1.82, 2.24) is 10.2 Å². The normalized spacial score (nSPS) is 14.1. The number of hydrogen-bond acceptors (Lipinski definition) is 3. The van der Waals surface area contributed by atoms with E-state index in [0.29, 0.717) is 21.5 Å². The molecular formula is C13H15ClN2O2S. The number of amides is 2. The predicted octanol–water partition coefficient (Wildman–Crippen LogP) is 1.98. The van der Waals surface area contributed by atoms with Gasteiger partial charge in [0.2, 0.25) is 5.91 Å². The van der Waals surface area contributed by atoms with Crippen molar-refractivity contribution in [3.63, 3.8) is 0 Å². The highest BCUT2D eigenvalue weighted by molar-refractivity contribution is 7.80. The molecule has 19 heavy (non-hydrogen) atoms. The first kappa shape index (κ1) is 14.2. The molecule has 2 amide bonds. The number of nitrogens with zero attached hydrogens (tertiary/aromatic N) is 1. The Morgan fingerprint density at radius 1 is 1.47 bits per heavy atom. The van der Waals surface area contributed by atoms with E-state index in [9.17, 15) is 9.59 Å². The standard InChI is InChI=1S/C13H15ClN2O2S/c1-16(7-12(17)15-8-2-3-8)13(18)10-6-9(19)4-5-11(10)14/h4-6,8,19H,2-3,7H2,1H3,(H,15,17). The van der Waals surface area contributed by atoms with Crippen LogP contribution in [0.1, 0.15) is 23.2 Å². The molecule has 0 aliphatic heterocycles. The van der Waals surface area contributed by atoms with Crippen LogP contribution in [0.25, 0.3) is 0 Å². The van der Waals surface area contributed by atoms with Gasteiger partial charge in [-0.05, 0) is 31.0 Å². The molecule has 6 heteroatoms. The number of rotatable bonds is 4. The predicted molar refractivity (Wildman–Crippen MR) is 76.8 cm³/mol. The first-order chi connectivity index (χ1) is 8.97. The zero-order valence-electron chi connectivity index (χ0n) is 10.5. The summed E-state index contributed by atoms with van der Waals surface area (Å²) < 4.78 is 0. The van der Waals surface area contributed by atoms with E-state index in [1.165, 1.54) is 4.90 Å². The highest BCUT2D eigenvalue weighted by atomic mass is 35.5. The minimum absolute atomic E-state index is 0.0302. The minimum Gasteiger partial charge on any atom is -0.352 e. The Morgan fingerprint density at radius 2 is 2.16 bits per heavy atom. The maximum atomic E-state index is 12.2. The fraction of sp³-hybridized carbons (Fsp3) is 0.385. The Balaban J connectivity index is 2.01. The maximum absolute atomic E-state index is 12.2. The van der Waals surface area contributed by atoms with Crippen LogP contribution in [-0.2, 0) is 4.79 Å². The molecule has 102 valence electrons. The van der Waals surface area contributed by atoms with E-state index in [2.05, 4.69) is 17.9 Å². The first-order valence-corrected chi connectivity index (χ1v) is 6.83. The number of hydrogen-bond donors (Lipinski definition) is 2. The average Bonchev–Trinajstić information content (AvgIpc) is 3.15. The molecule has 1 aliphatic carbocycles. The topological polar surface area (TPSA) is 49.4 Å². The second-order valence-electron chi connectivity index (χ2n) is 4.67. The van der Waals surface area contributed by atoms with Crippen LogP contribution in [0.2, 0.25) is 5.02 Å². The monoisotopic (exact) mass is 298 g/mol. The molecule has 2 rings (SSSR count). The number of benzene rings is 1. The molecule has 0 heterocycles. The third-order valence-electron chi connectivity index (χ3n) is 2.85. The highest BCUT2D eigenvalue weighted by Gasteiger charge is 2.25. The van der Waals surface area contributed by atoms with Gasteiger partial charge in [-0.2, -0.15) is 0 Å². The van der Waals surface area contributed by atoms with E-state index in [4.69, 9.17) is 11.6 Å². The second kappa shape index (κ2) is 5.84. The molecular weight excluding hydrogens is 284 g/mol. The summed E-state index contributed by atoms with van der Waals surface area (Å²) >= 11 is 10.2. The Morgan fingerprint density at radius 3 is 2.79 bits per heavy atom. The molecule has 0 unspecified atom stereocenters. The van der Waals surface area contributed by atoms with Crippen molar-refractivity contribution in [2.75, 3.05) is 13.6 Å². The minimum atomic E-state index is -0.285. The van der Waals surface area contributed by atoms with Gasteiger partial charge in [0.05, 0.1) is 17.1 Å². The number of thiol groups is 1. The van der Waals surface area contributed by atoms with E-state index >= 15 is 0 Å². The molecule has 0 atom stereocenters. The van der Waals surface area contributed by atoms with Crippen molar-refractivity contribution >= 4 is 36.0 Å². The number of carbonyl (C=O) groups is 2. The van der Waals surface area contributed by atoms with Crippen LogP contribution in [0.5, 0.6) is 0 Å². The van der Waals surface area contributed by atoms with E-state index in [1.807, 2.05) is 0 Å². The Bertz CT molecular complexity index is 517. The quantitative estimate of drug-likeness (QED) is 0.835. The molecule has 1 aromatic rings. The van der Waals surface area contributed by atoms with Crippen LogP contribution < -0.4 is 5.32 Å². The molecule has 1 aliphatic rings. The van der Waals surface area contributed by atoms with E-state index < -0.39 is 0 Å². The van der Waals surface area contributed by atoms with Gasteiger partial charge in [-0.25, -0.2) is 0 Å². The van der Waals surface area contributed by atoms with Crippen molar-refractivity contribution in [2.24, 2.45) is 0 Å². The molecule has 1 N–H and O–H groups in total. The fourth-order valence-corrected chi connectivity index (χ4v) is 2.07. The van der Waals surface area contributed by atoms with Gasteiger partial charge in [0, 0.05) is 18.0 Å². The summed E-state index contributed by atoms with van der Waals surface area (Å²) in [4.78, 5) is 25.8. The van der Waals surface area contributed by atoms with Gasteiger partial charge in [-0.1, -0.05) is 11.6 Å². The molecule has 1 aromatic carbocycles. The third-order valence-corrected chi connectivity index (χ3v) is 3.46. The molecule has 1 saturated carbocycles. The third kappa shape index (κ3) is 3.88. The molecule has 0 aromatic heterocycles. The average molecular weight is 299 g/mol. The van der Waals surface area contributed by atoms with Crippen LogP contribution in [0.4, 0.5) is 0 Å². The number of halogens is 1. The molecule has 1 fully saturated rings. The second-order valence-corrected chi connectivity index (χ2v) is 5.59. The summed E-state index contributed by atoms with van der Waals surface area (Å²) in [6.07, 6.45) is 2.05. The summed E-state index contributed by atoms with van der Waals surface area (Å²) in [5.74, 6) is -0.427. The van der Waals surface area contributed by atoms with E-state index in [1.54, 1.807) is 25.2 Å². The summed E-state index contributed by atoms with van der Waals surface area (Å²) in [6.45, 7) is 0.0302. The Kier molecular flexibility index (Phi) is 4.37. The van der Waals surface area contributed by atoms with Crippen molar-refractivity contribution in [2.45, 2.75) is 23.8 Å². The van der Waals surface area contributed by atoms with Crippen LogP contribution in [-0.4, -0.2) is 36.3 Å². The lowest BCUT2D eigenvalue weighted by Crippen LogP contribution is -2.39. The van der Waals surface area contributed by atoms with Crippen molar-refractivity contribution < 1.29 is 9.59 Å². The smallest absolute Gasteiger partial charge is 0.255 e. The first-order valence-electron chi connectivity index (χ1n) is 6.00. The van der Waals surface area contributed by atoms with Gasteiger partial charge in [0.1, 0.15) is 0 Å². The summed E-state index contributed by atoms with van der Waals surface area (Å²) in [6, 6.07) is 5.22. The van der Waals surface area contributed by atoms with Crippen LogP contribution in [0, 0.1) is 0 Å². The van der Waals surface area contributed by atoms with Gasteiger partial charge in [-0.3, -0.25) is 9.59 Å². The number of carbonyl (C=O) groups excluding carboxylic acids is 2. The number of nitrogens with one attached hydrogen (secondary N) is 1. The van der Waals surface area contributed by atoms with Crippen molar-refractivity contribution in [3.8, 4) is 0 Å². The van der Waals surface area contributed by atoms with Gasteiger partial charge < -0.3 is 10.2 Å². The van der Waals surface area contributed by atoms with Gasteiger partial charge >= 0.3 is 0 Å². The lowest BCUT2D eigenvalue weighted by atomic mass is 10.2. The summed E-state index contributed by atoms with van der Waals surface area (Å²) in [7, 11) is 1.58. The molecule has 0 radical (unpaired) electrons. The van der Waals surface area contributed by atoms with Gasteiger partial charge in [-0.15, -0.1) is 12.6 Å². The zero-order valence-corrected chi connectivity index (χ0v) is 12.2. The molecule has 0 spiro atoms. The fourth-order valence-electron chi connectivity index (χ4n) is 1.67. The van der Waals surface area contributed by atoms with E-state index in [-0.39, 0.29) is 18.4 Å². The van der Waals surface area contributed by atoms with Crippen LogP contribution in [0.3, 0.4) is 0 Å². The van der Waals surface area contributed by atoms with Crippen LogP contribution >= 0.6 is 24.2 Å². The Hall–Kier alpha value is -1.20. The maximum Gasteiger partial charge on any atom is 0.255 e. The summed E-state index contributed by atoms with van der Waals surface area (Å²) in [5.41, 5.74) is 0.357. The lowest BCUT2D eigenvalue weighted by molar-refractivity contribution is -0.121. The van der Waals surface area contributed by atoms with E-state index in [0.717, 1.165) is 12.8 Å². The molecule has 0 saturated heterocycles. The number of likely N-dealkylation sites (N-methyl/N-ethyl adjacent to an activating group) is 1. The van der Waals surface area contributed by atoms with Crippen LogP contribution in [0.15, 0.2) is 23.1 Å². The Labute approximate surface area is 122 Å². The zero-order chi connectivity index (χ0) is 14.0. The van der Waals surface area contributed by atoms with Crippen molar-refractivity contribution in [1.29, 1.82) is 0 Å². The van der Waals surface area contributed by atoms with Gasteiger partial charge in [0.25, 0.3) is 5.91 Å². The largest absolute Gasteiger partial charge is 0.352 e. The molecule has 0 bridgehead atoms. The SMILES string of the molecule is CN(CC(=O)NC1CC1)C(=O)c1cc(S)ccc1Cl. The highest BCUT2D eigenvalue weighted by Crippen LogP contribution is 2.21. The molecule has 4 nitrogen and oxygen atoms in total. The van der Waals surface area contributed by atoms with Crippen molar-refractivity contribution in [3.05, 3.63) is 28.8 Å². The van der Waals surface area contributed by atoms with Gasteiger partial charge in [0.15, 0.2) is 0 Å². The summed E-state index contributed by atoms with van der Waals surface area (Å²) in [5, 5.41) is 3.19.